The van der Waals surface area contributed by atoms with Crippen molar-refractivity contribution in [2.75, 3.05) is 32.8 Å². The van der Waals surface area contributed by atoms with Gasteiger partial charge in [-0.05, 0) is 55.1 Å². The lowest BCUT2D eigenvalue weighted by Gasteiger charge is -2.32. The predicted molar refractivity (Wildman–Crippen MR) is 121 cm³/mol. The van der Waals surface area contributed by atoms with Gasteiger partial charge in [0.15, 0.2) is 0 Å². The summed E-state index contributed by atoms with van der Waals surface area (Å²) in [7, 11) is 0. The van der Waals surface area contributed by atoms with Crippen LogP contribution in [0.15, 0.2) is 47.4 Å². The fraction of sp³-hybridized carbons (Fsp3) is 0.458. The molecule has 1 fully saturated rings. The van der Waals surface area contributed by atoms with E-state index >= 15 is 0 Å². The van der Waals surface area contributed by atoms with E-state index in [9.17, 15) is 4.79 Å². The van der Waals surface area contributed by atoms with E-state index in [1.807, 2.05) is 30.8 Å². The third kappa shape index (κ3) is 5.02. The standard InChI is InChI=1S/C24H28ClNO3S/c1-2-28-24(27)17-7-5-11-26(15-17)12-13-29-23-20-8-4-3-6-18(20)16-30-22-14-19(25)9-10-21(22)23/h3-4,6,8-10,14,17,23H,2,5,7,11-13,15-16H2,1H3. The summed E-state index contributed by atoms with van der Waals surface area (Å²) < 4.78 is 11.7. The van der Waals surface area contributed by atoms with Crippen molar-refractivity contribution < 1.29 is 14.3 Å². The number of likely N-dealkylation sites (tertiary alicyclic amines) is 1. The summed E-state index contributed by atoms with van der Waals surface area (Å²) in [5.74, 6) is 0.830. The third-order valence-electron chi connectivity index (χ3n) is 5.80. The molecule has 0 saturated carbocycles. The van der Waals surface area contributed by atoms with Gasteiger partial charge in [0.05, 0.1) is 19.1 Å². The molecule has 2 atom stereocenters. The van der Waals surface area contributed by atoms with Crippen LogP contribution in [0.5, 0.6) is 0 Å². The Kier molecular flexibility index (Phi) is 7.37. The van der Waals surface area contributed by atoms with E-state index < -0.39 is 0 Å². The van der Waals surface area contributed by atoms with Crippen molar-refractivity contribution in [1.82, 2.24) is 4.90 Å². The van der Waals surface area contributed by atoms with Crippen molar-refractivity contribution in [2.24, 2.45) is 5.92 Å². The quantitative estimate of drug-likeness (QED) is 0.562. The minimum absolute atomic E-state index is 0.0171. The van der Waals surface area contributed by atoms with Gasteiger partial charge >= 0.3 is 5.97 Å². The molecule has 2 aromatic rings. The molecule has 0 spiro atoms. The first-order valence-corrected chi connectivity index (χ1v) is 12.0. The highest BCUT2D eigenvalue weighted by atomic mass is 35.5. The van der Waals surface area contributed by atoms with Gasteiger partial charge < -0.3 is 14.4 Å². The summed E-state index contributed by atoms with van der Waals surface area (Å²) in [6.45, 7) is 5.49. The van der Waals surface area contributed by atoms with Crippen LogP contribution in [0.1, 0.15) is 42.6 Å². The van der Waals surface area contributed by atoms with Crippen LogP contribution in [-0.4, -0.2) is 43.7 Å². The average molecular weight is 446 g/mol. The number of nitrogens with zero attached hydrogens (tertiary/aromatic N) is 1. The van der Waals surface area contributed by atoms with Gasteiger partial charge in [-0.15, -0.1) is 11.8 Å². The molecule has 160 valence electrons. The van der Waals surface area contributed by atoms with Gasteiger partial charge in [0.2, 0.25) is 0 Å². The van der Waals surface area contributed by atoms with E-state index in [0.717, 1.165) is 43.3 Å². The van der Waals surface area contributed by atoms with Crippen LogP contribution in [0, 0.1) is 5.92 Å². The van der Waals surface area contributed by atoms with E-state index in [2.05, 4.69) is 35.2 Å². The summed E-state index contributed by atoms with van der Waals surface area (Å²) in [6.07, 6.45) is 1.83. The maximum Gasteiger partial charge on any atom is 0.310 e. The second-order valence-electron chi connectivity index (χ2n) is 7.81. The summed E-state index contributed by atoms with van der Waals surface area (Å²) in [4.78, 5) is 15.6. The lowest BCUT2D eigenvalue weighted by Crippen LogP contribution is -2.41. The van der Waals surface area contributed by atoms with Crippen molar-refractivity contribution in [2.45, 2.75) is 36.5 Å². The van der Waals surface area contributed by atoms with Crippen LogP contribution in [-0.2, 0) is 20.0 Å². The van der Waals surface area contributed by atoms with E-state index in [1.165, 1.54) is 21.6 Å². The third-order valence-corrected chi connectivity index (χ3v) is 7.15. The Balaban J connectivity index is 1.45. The maximum absolute atomic E-state index is 12.1. The normalized spacial score (nSPS) is 21.4. The Labute approximate surface area is 187 Å². The van der Waals surface area contributed by atoms with Gasteiger partial charge in [0.25, 0.3) is 0 Å². The molecule has 30 heavy (non-hydrogen) atoms. The van der Waals surface area contributed by atoms with Crippen LogP contribution in [0.2, 0.25) is 5.02 Å². The SMILES string of the molecule is CCOC(=O)C1CCCN(CCOC2c3ccccc3CSc3cc(Cl)ccc32)C1. The molecule has 0 aromatic heterocycles. The number of hydrogen-bond donors (Lipinski definition) is 0. The molecular formula is C24H28ClNO3S. The maximum atomic E-state index is 12.1. The number of halogens is 1. The number of carbonyl (C=O) groups is 1. The summed E-state index contributed by atoms with van der Waals surface area (Å²) in [5, 5.41) is 0.754. The highest BCUT2D eigenvalue weighted by Gasteiger charge is 2.28. The molecule has 4 rings (SSSR count). The summed E-state index contributed by atoms with van der Waals surface area (Å²) in [5.41, 5.74) is 3.71. The number of carbonyl (C=O) groups excluding carboxylic acids is 1. The zero-order valence-electron chi connectivity index (χ0n) is 17.3. The zero-order valence-corrected chi connectivity index (χ0v) is 18.9. The van der Waals surface area contributed by atoms with Gasteiger partial charge in [0.1, 0.15) is 6.10 Å². The second-order valence-corrected chi connectivity index (χ2v) is 9.27. The van der Waals surface area contributed by atoms with Gasteiger partial charge in [-0.25, -0.2) is 0 Å². The van der Waals surface area contributed by atoms with Gasteiger partial charge in [-0.3, -0.25) is 4.79 Å². The van der Waals surface area contributed by atoms with E-state index in [4.69, 9.17) is 21.1 Å². The first-order chi connectivity index (χ1) is 14.7. The Morgan fingerprint density at radius 1 is 1.23 bits per heavy atom. The molecule has 4 nitrogen and oxygen atoms in total. The zero-order chi connectivity index (χ0) is 20.9. The first-order valence-electron chi connectivity index (χ1n) is 10.7. The second kappa shape index (κ2) is 10.2. The molecule has 2 aliphatic heterocycles. The molecule has 0 radical (unpaired) electrons. The minimum atomic E-state index is -0.103. The Morgan fingerprint density at radius 3 is 2.97 bits per heavy atom. The number of fused-ring (bicyclic) bond motifs is 2. The highest BCUT2D eigenvalue weighted by Crippen LogP contribution is 2.42. The fourth-order valence-electron chi connectivity index (χ4n) is 4.28. The molecule has 1 saturated heterocycles. The van der Waals surface area contributed by atoms with Crippen LogP contribution >= 0.6 is 23.4 Å². The monoisotopic (exact) mass is 445 g/mol. The first kappa shape index (κ1) is 21.7. The number of rotatable bonds is 6. The van der Waals surface area contributed by atoms with Crippen LogP contribution in [0.4, 0.5) is 0 Å². The van der Waals surface area contributed by atoms with Crippen LogP contribution < -0.4 is 0 Å². The number of piperidine rings is 1. The van der Waals surface area contributed by atoms with Crippen molar-refractivity contribution in [3.8, 4) is 0 Å². The predicted octanol–water partition coefficient (Wildman–Crippen LogP) is 5.33. The molecule has 2 aliphatic rings. The van der Waals surface area contributed by atoms with E-state index in [0.29, 0.717) is 13.2 Å². The number of thioether (sulfide) groups is 1. The lowest BCUT2D eigenvalue weighted by molar-refractivity contribution is -0.150. The molecule has 6 heteroatoms. The van der Waals surface area contributed by atoms with E-state index in [-0.39, 0.29) is 18.0 Å². The average Bonchev–Trinajstić information content (AvgIpc) is 2.91. The fourth-order valence-corrected chi connectivity index (χ4v) is 5.65. The molecule has 0 amide bonds. The van der Waals surface area contributed by atoms with Crippen molar-refractivity contribution in [1.29, 1.82) is 0 Å². The van der Waals surface area contributed by atoms with Crippen molar-refractivity contribution >= 4 is 29.3 Å². The molecule has 2 unspecified atom stereocenters. The number of ether oxygens (including phenoxy) is 2. The molecular weight excluding hydrogens is 418 g/mol. The van der Waals surface area contributed by atoms with Gasteiger partial charge in [-0.2, -0.15) is 0 Å². The molecule has 0 N–H and O–H groups in total. The highest BCUT2D eigenvalue weighted by molar-refractivity contribution is 7.98. The smallest absolute Gasteiger partial charge is 0.310 e. The Bertz CT molecular complexity index is 891. The van der Waals surface area contributed by atoms with Crippen molar-refractivity contribution in [3.63, 3.8) is 0 Å². The van der Waals surface area contributed by atoms with E-state index in [1.54, 1.807) is 0 Å². The molecule has 2 heterocycles. The van der Waals surface area contributed by atoms with Crippen molar-refractivity contribution in [3.05, 3.63) is 64.2 Å². The Hall–Kier alpha value is -1.53. The largest absolute Gasteiger partial charge is 0.466 e. The molecule has 0 aliphatic carbocycles. The summed E-state index contributed by atoms with van der Waals surface area (Å²) >= 11 is 8.07. The molecule has 2 aromatic carbocycles. The number of esters is 1. The minimum Gasteiger partial charge on any atom is -0.466 e. The van der Waals surface area contributed by atoms with Crippen LogP contribution in [0.25, 0.3) is 0 Å². The Morgan fingerprint density at radius 2 is 2.10 bits per heavy atom. The summed E-state index contributed by atoms with van der Waals surface area (Å²) in [6, 6.07) is 14.6. The topological polar surface area (TPSA) is 38.8 Å². The number of benzene rings is 2. The lowest BCUT2D eigenvalue weighted by atomic mass is 9.97. The van der Waals surface area contributed by atoms with Crippen LogP contribution in [0.3, 0.4) is 0 Å². The number of hydrogen-bond acceptors (Lipinski definition) is 5. The van der Waals surface area contributed by atoms with Gasteiger partial charge in [-0.1, -0.05) is 41.9 Å². The van der Waals surface area contributed by atoms with Gasteiger partial charge in [0, 0.05) is 28.8 Å². The molecule has 0 bridgehead atoms.